The van der Waals surface area contributed by atoms with Crippen LogP contribution in [0.2, 0.25) is 0 Å². The first-order valence-electron chi connectivity index (χ1n) is 10.3. The van der Waals surface area contributed by atoms with Gasteiger partial charge in [0.15, 0.2) is 5.13 Å². The van der Waals surface area contributed by atoms with E-state index in [-0.39, 0.29) is 16.7 Å². The molecule has 2 fully saturated rings. The number of nitrogens with zero attached hydrogens (tertiary/aromatic N) is 2. The second-order valence-electron chi connectivity index (χ2n) is 8.04. The van der Waals surface area contributed by atoms with Gasteiger partial charge in [0.25, 0.3) is 5.91 Å². The number of hydrogen-bond donors (Lipinski definition) is 2. The van der Waals surface area contributed by atoms with E-state index in [1.165, 1.54) is 22.6 Å². The van der Waals surface area contributed by atoms with Crippen molar-refractivity contribution < 1.29 is 18.0 Å². The van der Waals surface area contributed by atoms with E-state index in [2.05, 4.69) is 15.6 Å². The highest BCUT2D eigenvalue weighted by Crippen LogP contribution is 2.33. The van der Waals surface area contributed by atoms with Crippen molar-refractivity contribution in [2.75, 3.05) is 18.4 Å². The molecular weight excluding hydrogens is 424 g/mol. The summed E-state index contributed by atoms with van der Waals surface area (Å²) in [6.07, 6.45) is 5.77. The van der Waals surface area contributed by atoms with Gasteiger partial charge in [0.1, 0.15) is 5.54 Å². The third-order valence-electron chi connectivity index (χ3n) is 5.84. The molecule has 2 N–H and O–H groups in total. The summed E-state index contributed by atoms with van der Waals surface area (Å²) in [5, 5.41) is 6.11. The van der Waals surface area contributed by atoms with Crippen molar-refractivity contribution in [1.82, 2.24) is 14.6 Å². The maximum absolute atomic E-state index is 13.0. The van der Waals surface area contributed by atoms with Crippen LogP contribution >= 0.6 is 11.3 Å². The number of rotatable bonds is 5. The lowest BCUT2D eigenvalue weighted by Gasteiger charge is -2.35. The van der Waals surface area contributed by atoms with E-state index in [1.807, 2.05) is 0 Å². The summed E-state index contributed by atoms with van der Waals surface area (Å²) in [4.78, 5) is 29.4. The Balaban J connectivity index is 1.57. The maximum atomic E-state index is 13.0. The van der Waals surface area contributed by atoms with Crippen LogP contribution in [0.25, 0.3) is 10.2 Å². The van der Waals surface area contributed by atoms with Gasteiger partial charge in [0, 0.05) is 20.0 Å². The first-order chi connectivity index (χ1) is 14.3. The number of nitrogens with one attached hydrogen (secondary N) is 2. The van der Waals surface area contributed by atoms with Crippen LogP contribution in [0.3, 0.4) is 0 Å². The highest BCUT2D eigenvalue weighted by atomic mass is 32.2. The van der Waals surface area contributed by atoms with Gasteiger partial charge < -0.3 is 5.32 Å². The van der Waals surface area contributed by atoms with Crippen LogP contribution in [0.5, 0.6) is 0 Å². The van der Waals surface area contributed by atoms with E-state index in [0.29, 0.717) is 41.3 Å². The predicted octanol–water partition coefficient (Wildman–Crippen LogP) is 2.86. The summed E-state index contributed by atoms with van der Waals surface area (Å²) >= 11 is 1.24. The van der Waals surface area contributed by atoms with Crippen molar-refractivity contribution in [3.8, 4) is 0 Å². The summed E-state index contributed by atoms with van der Waals surface area (Å²) < 4.78 is 27.8. The van der Waals surface area contributed by atoms with E-state index in [1.54, 1.807) is 18.2 Å². The number of aromatic nitrogens is 1. The summed E-state index contributed by atoms with van der Waals surface area (Å²) in [6, 6.07) is 4.87. The fourth-order valence-electron chi connectivity index (χ4n) is 4.31. The average Bonchev–Trinajstić information content (AvgIpc) is 3.37. The van der Waals surface area contributed by atoms with Gasteiger partial charge in [-0.1, -0.05) is 30.6 Å². The lowest BCUT2D eigenvalue weighted by atomic mass is 9.81. The van der Waals surface area contributed by atoms with E-state index in [0.717, 1.165) is 32.1 Å². The van der Waals surface area contributed by atoms with Crippen molar-refractivity contribution in [3.05, 3.63) is 18.2 Å². The molecule has 162 valence electrons. The second kappa shape index (κ2) is 8.24. The molecule has 1 aromatic heterocycles. The van der Waals surface area contributed by atoms with Crippen molar-refractivity contribution in [3.63, 3.8) is 0 Å². The van der Waals surface area contributed by atoms with Crippen LogP contribution in [0.1, 0.15) is 51.9 Å². The maximum Gasteiger partial charge on any atom is 0.251 e. The Kier molecular flexibility index (Phi) is 5.82. The highest BCUT2D eigenvalue weighted by Gasteiger charge is 2.40. The average molecular weight is 451 g/mol. The molecule has 0 unspecified atom stereocenters. The number of amides is 2. The molecule has 4 rings (SSSR count). The highest BCUT2D eigenvalue weighted by molar-refractivity contribution is 7.89. The fourth-order valence-corrected chi connectivity index (χ4v) is 6.83. The third-order valence-corrected chi connectivity index (χ3v) is 8.67. The number of anilines is 1. The monoisotopic (exact) mass is 450 g/mol. The molecule has 1 saturated heterocycles. The van der Waals surface area contributed by atoms with Gasteiger partial charge >= 0.3 is 0 Å². The van der Waals surface area contributed by atoms with Crippen molar-refractivity contribution >= 4 is 48.5 Å². The standard InChI is InChI=1S/C20H26N4O4S2/c1-14(25)23-20(9-3-2-4-10-20)18(26)22-19-21-16-8-7-15(13-17(16)29-19)30(27,28)24-11-5-6-12-24/h7-8,13H,2-6,9-12H2,1H3,(H,23,25)(H,21,22,26). The Labute approximate surface area is 180 Å². The zero-order chi connectivity index (χ0) is 21.4. The van der Waals surface area contributed by atoms with Gasteiger partial charge in [-0.05, 0) is 43.9 Å². The molecule has 10 heteroatoms. The minimum absolute atomic E-state index is 0.229. The van der Waals surface area contributed by atoms with E-state index < -0.39 is 15.6 Å². The van der Waals surface area contributed by atoms with Gasteiger partial charge in [0.2, 0.25) is 15.9 Å². The zero-order valence-corrected chi connectivity index (χ0v) is 18.6. The molecule has 0 bridgehead atoms. The Morgan fingerprint density at radius 1 is 1.10 bits per heavy atom. The van der Waals surface area contributed by atoms with Crippen LogP contribution in [0, 0.1) is 0 Å². The number of thiazole rings is 1. The molecule has 2 aliphatic rings. The molecular formula is C20H26N4O4S2. The minimum atomic E-state index is -3.51. The smallest absolute Gasteiger partial charge is 0.251 e. The van der Waals surface area contributed by atoms with Crippen LogP contribution in [0.15, 0.2) is 23.1 Å². The summed E-state index contributed by atoms with van der Waals surface area (Å²) in [6.45, 7) is 2.52. The Bertz CT molecular complexity index is 1070. The fraction of sp³-hybridized carbons (Fsp3) is 0.550. The van der Waals surface area contributed by atoms with Crippen molar-refractivity contribution in [2.24, 2.45) is 0 Å². The van der Waals surface area contributed by atoms with Gasteiger partial charge in [-0.25, -0.2) is 13.4 Å². The number of benzene rings is 1. The van der Waals surface area contributed by atoms with Crippen LogP contribution < -0.4 is 10.6 Å². The summed E-state index contributed by atoms with van der Waals surface area (Å²) in [5.74, 6) is -0.491. The predicted molar refractivity (Wildman–Crippen MR) is 116 cm³/mol. The second-order valence-corrected chi connectivity index (χ2v) is 11.0. The first-order valence-corrected chi connectivity index (χ1v) is 12.6. The summed E-state index contributed by atoms with van der Waals surface area (Å²) in [5.41, 5.74) is -0.278. The zero-order valence-electron chi connectivity index (χ0n) is 16.9. The molecule has 0 atom stereocenters. The van der Waals surface area contributed by atoms with Crippen LogP contribution in [-0.2, 0) is 19.6 Å². The molecule has 1 saturated carbocycles. The first kappa shape index (κ1) is 21.2. The van der Waals surface area contributed by atoms with Crippen molar-refractivity contribution in [1.29, 1.82) is 0 Å². The van der Waals surface area contributed by atoms with E-state index in [4.69, 9.17) is 0 Å². The lowest BCUT2D eigenvalue weighted by Crippen LogP contribution is -2.57. The molecule has 0 spiro atoms. The van der Waals surface area contributed by atoms with Crippen molar-refractivity contribution in [2.45, 2.75) is 62.3 Å². The lowest BCUT2D eigenvalue weighted by molar-refractivity contribution is -0.130. The third kappa shape index (κ3) is 4.08. The Morgan fingerprint density at radius 2 is 1.80 bits per heavy atom. The number of carbonyl (C=O) groups is 2. The minimum Gasteiger partial charge on any atom is -0.342 e. The SMILES string of the molecule is CC(=O)NC1(C(=O)Nc2nc3ccc(S(=O)(=O)N4CCCC4)cc3s2)CCCCC1. The van der Waals surface area contributed by atoms with Gasteiger partial charge in [-0.15, -0.1) is 0 Å². The molecule has 2 aromatic rings. The molecule has 2 amide bonds. The quantitative estimate of drug-likeness (QED) is 0.728. The Hall–Kier alpha value is -2.04. The van der Waals surface area contributed by atoms with Gasteiger partial charge in [0.05, 0.1) is 15.1 Å². The molecule has 1 aliphatic heterocycles. The van der Waals surface area contributed by atoms with Gasteiger partial charge in [-0.2, -0.15) is 4.31 Å². The molecule has 2 heterocycles. The van der Waals surface area contributed by atoms with Crippen LogP contribution in [-0.4, -0.2) is 48.1 Å². The summed E-state index contributed by atoms with van der Waals surface area (Å²) in [7, 11) is -3.51. The van der Waals surface area contributed by atoms with Gasteiger partial charge in [-0.3, -0.25) is 14.9 Å². The Morgan fingerprint density at radius 3 is 2.47 bits per heavy atom. The molecule has 1 aliphatic carbocycles. The van der Waals surface area contributed by atoms with Crippen LogP contribution in [0.4, 0.5) is 5.13 Å². The normalized spacial score (nSPS) is 19.6. The number of hydrogen-bond acceptors (Lipinski definition) is 6. The number of sulfonamides is 1. The van der Waals surface area contributed by atoms with E-state index >= 15 is 0 Å². The topological polar surface area (TPSA) is 108 Å². The largest absolute Gasteiger partial charge is 0.342 e. The molecule has 8 nitrogen and oxygen atoms in total. The molecule has 0 radical (unpaired) electrons. The van der Waals surface area contributed by atoms with E-state index in [9.17, 15) is 18.0 Å². The number of fused-ring (bicyclic) bond motifs is 1. The molecule has 1 aromatic carbocycles. The number of carbonyl (C=O) groups excluding carboxylic acids is 2. The molecule has 30 heavy (non-hydrogen) atoms.